The van der Waals surface area contributed by atoms with Crippen LogP contribution in [0.2, 0.25) is 0 Å². The van der Waals surface area contributed by atoms with Crippen LogP contribution in [0.5, 0.6) is 11.5 Å². The van der Waals surface area contributed by atoms with E-state index in [4.69, 9.17) is 9.26 Å². The zero-order valence-electron chi connectivity index (χ0n) is 14.1. The van der Waals surface area contributed by atoms with Gasteiger partial charge < -0.3 is 14.0 Å². The summed E-state index contributed by atoms with van der Waals surface area (Å²) in [6.07, 6.45) is 1.34. The van der Waals surface area contributed by atoms with Gasteiger partial charge in [0.15, 0.2) is 11.5 Å². The number of ether oxygens (including phenoxy) is 2. The van der Waals surface area contributed by atoms with E-state index in [1.165, 1.54) is 29.5 Å². The first-order valence-corrected chi connectivity index (χ1v) is 8.70. The van der Waals surface area contributed by atoms with Gasteiger partial charge in [-0.1, -0.05) is 23.4 Å². The first kappa shape index (κ1) is 18.5. The Kier molecular flexibility index (Phi) is 5.78. The Morgan fingerprint density at radius 2 is 2.22 bits per heavy atom. The molecule has 0 bridgehead atoms. The smallest absolute Gasteiger partial charge is 0.387 e. The lowest BCUT2D eigenvalue weighted by atomic mass is 10.1. The molecule has 0 saturated carbocycles. The van der Waals surface area contributed by atoms with Gasteiger partial charge in [-0.3, -0.25) is 0 Å². The molecule has 0 radical (unpaired) electrons. The summed E-state index contributed by atoms with van der Waals surface area (Å²) >= 11 is 1.42. The maximum absolute atomic E-state index is 12.8. The normalized spacial score (nSPS) is 11.4. The minimum absolute atomic E-state index is 0.0121. The van der Waals surface area contributed by atoms with Crippen LogP contribution in [0, 0.1) is 11.3 Å². The quantitative estimate of drug-likeness (QED) is 0.537. The second-order valence-electron chi connectivity index (χ2n) is 5.06. The van der Waals surface area contributed by atoms with E-state index < -0.39 is 6.61 Å². The molecule has 0 saturated heterocycles. The van der Waals surface area contributed by atoms with Gasteiger partial charge in [0, 0.05) is 5.56 Å². The summed E-state index contributed by atoms with van der Waals surface area (Å²) in [6.45, 7) is -1.05. The van der Waals surface area contributed by atoms with Gasteiger partial charge in [-0.15, -0.1) is 11.3 Å². The van der Waals surface area contributed by atoms with E-state index >= 15 is 0 Å². The van der Waals surface area contributed by atoms with Crippen LogP contribution in [-0.2, 0) is 0 Å². The van der Waals surface area contributed by atoms with Crippen molar-refractivity contribution in [2.24, 2.45) is 0 Å². The number of nitriles is 1. The second kappa shape index (κ2) is 8.42. The molecule has 0 unspecified atom stereocenters. The Bertz CT molecular complexity index is 978. The minimum Gasteiger partial charge on any atom is -0.490 e. The summed E-state index contributed by atoms with van der Waals surface area (Å²) < 4.78 is 40.7. The Hall–Kier alpha value is -3.25. The van der Waals surface area contributed by atoms with Gasteiger partial charge in [0.1, 0.15) is 11.6 Å². The predicted octanol–water partition coefficient (Wildman–Crippen LogP) is 4.86. The number of halogens is 2. The highest BCUT2D eigenvalue weighted by molar-refractivity contribution is 7.13. The lowest BCUT2D eigenvalue weighted by molar-refractivity contribution is -0.0515. The SMILES string of the molecule is CCOc1cccc(/C=C(\C#N)c2nc(-c3cccs3)no2)c1OC(F)F. The van der Waals surface area contributed by atoms with Crippen molar-refractivity contribution in [2.75, 3.05) is 6.61 Å². The van der Waals surface area contributed by atoms with Gasteiger partial charge >= 0.3 is 6.61 Å². The fourth-order valence-corrected chi connectivity index (χ4v) is 2.92. The molecule has 0 aliphatic rings. The summed E-state index contributed by atoms with van der Waals surface area (Å²) in [6, 6.07) is 10.2. The number of alkyl halides is 2. The van der Waals surface area contributed by atoms with Crippen LogP contribution in [0.15, 0.2) is 40.2 Å². The van der Waals surface area contributed by atoms with Crippen LogP contribution in [0.3, 0.4) is 0 Å². The highest BCUT2D eigenvalue weighted by atomic mass is 32.1. The molecular formula is C18H13F2N3O3S. The fourth-order valence-electron chi connectivity index (χ4n) is 2.27. The average molecular weight is 389 g/mol. The van der Waals surface area contributed by atoms with Crippen LogP contribution in [0.4, 0.5) is 8.78 Å². The number of rotatable bonds is 7. The van der Waals surface area contributed by atoms with Crippen molar-refractivity contribution in [3.8, 4) is 28.3 Å². The monoisotopic (exact) mass is 389 g/mol. The number of aromatic nitrogens is 2. The summed E-state index contributed by atoms with van der Waals surface area (Å²) in [5, 5.41) is 15.2. The largest absolute Gasteiger partial charge is 0.490 e. The Labute approximate surface area is 157 Å². The molecule has 3 rings (SSSR count). The van der Waals surface area contributed by atoms with E-state index in [1.54, 1.807) is 13.0 Å². The highest BCUT2D eigenvalue weighted by Crippen LogP contribution is 2.35. The highest BCUT2D eigenvalue weighted by Gasteiger charge is 2.18. The molecule has 0 atom stereocenters. The molecule has 27 heavy (non-hydrogen) atoms. The number of allylic oxidation sites excluding steroid dienone is 1. The van der Waals surface area contributed by atoms with E-state index in [-0.39, 0.29) is 35.1 Å². The van der Waals surface area contributed by atoms with Crippen molar-refractivity contribution >= 4 is 23.0 Å². The van der Waals surface area contributed by atoms with Crippen LogP contribution < -0.4 is 9.47 Å². The van der Waals surface area contributed by atoms with Gasteiger partial charge in [-0.25, -0.2) is 0 Å². The maximum atomic E-state index is 12.8. The van der Waals surface area contributed by atoms with Crippen LogP contribution in [-0.4, -0.2) is 23.4 Å². The number of para-hydroxylation sites is 1. The molecule has 0 aliphatic heterocycles. The van der Waals surface area contributed by atoms with Crippen LogP contribution >= 0.6 is 11.3 Å². The summed E-state index contributed by atoms with van der Waals surface area (Å²) in [7, 11) is 0. The molecule has 9 heteroatoms. The Balaban J connectivity index is 2.01. The van der Waals surface area contributed by atoms with Crippen molar-refractivity contribution in [1.29, 1.82) is 5.26 Å². The van der Waals surface area contributed by atoms with E-state index in [2.05, 4.69) is 14.9 Å². The molecule has 3 aromatic rings. The van der Waals surface area contributed by atoms with Gasteiger partial charge in [-0.2, -0.15) is 19.0 Å². The Morgan fingerprint density at radius 3 is 2.89 bits per heavy atom. The molecule has 0 fully saturated rings. The van der Waals surface area contributed by atoms with Crippen LogP contribution in [0.25, 0.3) is 22.4 Å². The van der Waals surface area contributed by atoms with E-state index in [9.17, 15) is 14.0 Å². The third kappa shape index (κ3) is 4.30. The van der Waals surface area contributed by atoms with Crippen molar-refractivity contribution in [3.05, 3.63) is 47.2 Å². The lowest BCUT2D eigenvalue weighted by Gasteiger charge is -2.13. The summed E-state index contributed by atoms with van der Waals surface area (Å²) in [5.74, 6) is 0.299. The first-order valence-electron chi connectivity index (χ1n) is 7.82. The molecule has 0 N–H and O–H groups in total. The number of nitrogens with zero attached hydrogens (tertiary/aromatic N) is 3. The van der Waals surface area contributed by atoms with Gasteiger partial charge in [0.25, 0.3) is 5.89 Å². The summed E-state index contributed by atoms with van der Waals surface area (Å²) in [4.78, 5) is 4.97. The average Bonchev–Trinajstić information content (AvgIpc) is 3.33. The molecule has 6 nitrogen and oxygen atoms in total. The number of thiophene rings is 1. The molecule has 2 aromatic heterocycles. The van der Waals surface area contributed by atoms with Crippen molar-refractivity contribution < 1.29 is 22.8 Å². The lowest BCUT2D eigenvalue weighted by Crippen LogP contribution is -2.06. The van der Waals surface area contributed by atoms with Gasteiger partial charge in [0.2, 0.25) is 5.82 Å². The predicted molar refractivity (Wildman–Crippen MR) is 95.3 cm³/mol. The number of hydrogen-bond acceptors (Lipinski definition) is 7. The maximum Gasteiger partial charge on any atom is 0.387 e. The third-order valence-electron chi connectivity index (χ3n) is 3.33. The number of benzene rings is 1. The second-order valence-corrected chi connectivity index (χ2v) is 6.00. The fraction of sp³-hybridized carbons (Fsp3) is 0.167. The topological polar surface area (TPSA) is 81.2 Å². The van der Waals surface area contributed by atoms with E-state index in [0.717, 1.165) is 4.88 Å². The molecule has 138 valence electrons. The van der Waals surface area contributed by atoms with E-state index in [1.807, 2.05) is 23.6 Å². The van der Waals surface area contributed by atoms with Gasteiger partial charge in [-0.05, 0) is 30.5 Å². The third-order valence-corrected chi connectivity index (χ3v) is 4.20. The Morgan fingerprint density at radius 1 is 1.37 bits per heavy atom. The summed E-state index contributed by atoms with van der Waals surface area (Å²) in [5.41, 5.74) is 0.242. The van der Waals surface area contributed by atoms with E-state index in [0.29, 0.717) is 5.82 Å². The molecule has 0 aliphatic carbocycles. The zero-order valence-corrected chi connectivity index (χ0v) is 14.9. The number of hydrogen-bond donors (Lipinski definition) is 0. The standard InChI is InChI=1S/C18H13F2N3O3S/c1-2-24-13-6-3-5-11(15(13)25-18(19)20)9-12(10-21)17-22-16(23-26-17)14-7-4-8-27-14/h3-9,18H,2H2,1H3/b12-9+. The molecular weight excluding hydrogens is 376 g/mol. The first-order chi connectivity index (χ1) is 13.1. The molecule has 1 aromatic carbocycles. The molecule has 0 amide bonds. The van der Waals surface area contributed by atoms with Crippen molar-refractivity contribution in [1.82, 2.24) is 10.1 Å². The molecule has 2 heterocycles. The zero-order chi connectivity index (χ0) is 19.2. The molecule has 0 spiro atoms. The van der Waals surface area contributed by atoms with Crippen molar-refractivity contribution in [3.63, 3.8) is 0 Å². The van der Waals surface area contributed by atoms with Crippen molar-refractivity contribution in [2.45, 2.75) is 13.5 Å². The van der Waals surface area contributed by atoms with Gasteiger partial charge in [0.05, 0.1) is 11.5 Å². The minimum atomic E-state index is -3.04. The van der Waals surface area contributed by atoms with Crippen LogP contribution in [0.1, 0.15) is 18.4 Å².